The number of carbonyl (C=O) groups is 1. The predicted octanol–water partition coefficient (Wildman–Crippen LogP) is 5.57. The van der Waals surface area contributed by atoms with Gasteiger partial charge in [-0.1, -0.05) is 37.7 Å². The average Bonchev–Trinajstić information content (AvgIpc) is 3.30. The summed E-state index contributed by atoms with van der Waals surface area (Å²) >= 11 is 1.26. The van der Waals surface area contributed by atoms with Gasteiger partial charge < -0.3 is 13.7 Å². The molecule has 0 amide bonds. The van der Waals surface area contributed by atoms with Crippen molar-refractivity contribution in [2.75, 3.05) is 12.4 Å². The molecule has 1 aromatic carbocycles. The zero-order chi connectivity index (χ0) is 21.7. The molecule has 0 aliphatic carbocycles. The van der Waals surface area contributed by atoms with Crippen molar-refractivity contribution in [3.63, 3.8) is 0 Å². The number of Topliss-reactive ketones (excluding diaryl/α,β-unsaturated/α-hetero) is 1. The van der Waals surface area contributed by atoms with E-state index in [0.29, 0.717) is 29.4 Å². The molecule has 0 spiro atoms. The molecular weight excluding hydrogens is 398 g/mol. The molecule has 0 fully saturated rings. The second-order valence-corrected chi connectivity index (χ2v) is 8.56. The molecule has 7 heteroatoms. The Morgan fingerprint density at radius 3 is 2.73 bits per heavy atom. The van der Waals surface area contributed by atoms with Gasteiger partial charge in [-0.05, 0) is 51.3 Å². The van der Waals surface area contributed by atoms with Crippen LogP contribution in [0.1, 0.15) is 48.9 Å². The standard InChI is InChI=1S/C23H29N3O3S/c1-6-28-21-10-8-7-9-18(21)22-24-25-23(29-22)30-14-20(27)19-13-16(4)26(17(19)5)12-11-15(2)3/h7-10,13,15H,6,11-12,14H2,1-5H3. The van der Waals surface area contributed by atoms with Gasteiger partial charge in [-0.15, -0.1) is 10.2 Å². The van der Waals surface area contributed by atoms with Crippen LogP contribution in [0.15, 0.2) is 40.0 Å². The first-order valence-electron chi connectivity index (χ1n) is 10.3. The molecule has 0 atom stereocenters. The minimum Gasteiger partial charge on any atom is -0.493 e. The van der Waals surface area contributed by atoms with E-state index in [0.717, 1.165) is 35.5 Å². The van der Waals surface area contributed by atoms with Crippen molar-refractivity contribution in [2.24, 2.45) is 5.92 Å². The van der Waals surface area contributed by atoms with Crippen LogP contribution in [0.4, 0.5) is 0 Å². The molecule has 0 radical (unpaired) electrons. The van der Waals surface area contributed by atoms with E-state index in [2.05, 4.69) is 35.5 Å². The number of ether oxygens (including phenoxy) is 1. The Balaban J connectivity index is 1.67. The molecule has 2 aromatic heterocycles. The Morgan fingerprint density at radius 1 is 1.23 bits per heavy atom. The molecule has 3 rings (SSSR count). The van der Waals surface area contributed by atoms with Crippen molar-refractivity contribution < 1.29 is 13.9 Å². The lowest BCUT2D eigenvalue weighted by molar-refractivity contribution is 0.102. The van der Waals surface area contributed by atoms with Gasteiger partial charge >= 0.3 is 0 Å². The summed E-state index contributed by atoms with van der Waals surface area (Å²) in [5.74, 6) is 2.04. The highest BCUT2D eigenvalue weighted by molar-refractivity contribution is 7.99. The fraction of sp³-hybridized carbons (Fsp3) is 0.435. The number of hydrogen-bond acceptors (Lipinski definition) is 6. The van der Waals surface area contributed by atoms with E-state index in [9.17, 15) is 4.79 Å². The molecule has 6 nitrogen and oxygen atoms in total. The first-order valence-corrected chi connectivity index (χ1v) is 11.3. The molecule has 0 aliphatic rings. The highest BCUT2D eigenvalue weighted by atomic mass is 32.2. The van der Waals surface area contributed by atoms with Crippen molar-refractivity contribution in [1.82, 2.24) is 14.8 Å². The summed E-state index contributed by atoms with van der Waals surface area (Å²) in [5.41, 5.74) is 3.66. The number of para-hydroxylation sites is 1. The lowest BCUT2D eigenvalue weighted by Gasteiger charge is -2.11. The van der Waals surface area contributed by atoms with Crippen molar-refractivity contribution in [1.29, 1.82) is 0 Å². The number of ketones is 1. The summed E-state index contributed by atoms with van der Waals surface area (Å²) in [7, 11) is 0. The van der Waals surface area contributed by atoms with Crippen LogP contribution in [0.3, 0.4) is 0 Å². The maximum Gasteiger partial charge on any atom is 0.277 e. The van der Waals surface area contributed by atoms with Gasteiger partial charge in [0.2, 0.25) is 0 Å². The smallest absolute Gasteiger partial charge is 0.277 e. The molecule has 0 N–H and O–H groups in total. The monoisotopic (exact) mass is 427 g/mol. The number of nitrogens with zero attached hydrogens (tertiary/aromatic N) is 3. The first kappa shape index (κ1) is 22.2. The van der Waals surface area contributed by atoms with E-state index >= 15 is 0 Å². The Labute approximate surface area is 182 Å². The molecule has 3 aromatic rings. The fourth-order valence-electron chi connectivity index (χ4n) is 3.32. The predicted molar refractivity (Wildman–Crippen MR) is 119 cm³/mol. The largest absolute Gasteiger partial charge is 0.493 e. The lowest BCUT2D eigenvalue weighted by atomic mass is 10.1. The minimum atomic E-state index is 0.0679. The van der Waals surface area contributed by atoms with Crippen molar-refractivity contribution in [2.45, 2.75) is 52.8 Å². The molecule has 0 aliphatic heterocycles. The average molecular weight is 428 g/mol. The summed E-state index contributed by atoms with van der Waals surface area (Å²) in [5, 5.41) is 8.58. The van der Waals surface area contributed by atoms with Crippen LogP contribution in [0, 0.1) is 19.8 Å². The van der Waals surface area contributed by atoms with Gasteiger partial charge in [0.1, 0.15) is 5.75 Å². The van der Waals surface area contributed by atoms with E-state index in [1.807, 2.05) is 44.2 Å². The van der Waals surface area contributed by atoms with Crippen LogP contribution in [0.5, 0.6) is 5.75 Å². The molecule has 30 heavy (non-hydrogen) atoms. The summed E-state index contributed by atoms with van der Waals surface area (Å²) in [6.45, 7) is 11.9. The molecule has 0 saturated heterocycles. The molecule has 0 saturated carbocycles. The minimum absolute atomic E-state index is 0.0679. The zero-order valence-electron chi connectivity index (χ0n) is 18.3. The lowest BCUT2D eigenvalue weighted by Crippen LogP contribution is -2.08. The molecule has 2 heterocycles. The van der Waals surface area contributed by atoms with E-state index in [1.54, 1.807) is 0 Å². The molecule has 160 valence electrons. The summed E-state index contributed by atoms with van der Waals surface area (Å²) in [6.07, 6.45) is 1.09. The first-order chi connectivity index (χ1) is 14.4. The van der Waals surface area contributed by atoms with Gasteiger partial charge in [-0.3, -0.25) is 4.79 Å². The molecular formula is C23H29N3O3S. The number of thioether (sulfide) groups is 1. The fourth-order valence-corrected chi connectivity index (χ4v) is 3.97. The highest BCUT2D eigenvalue weighted by Crippen LogP contribution is 2.31. The topological polar surface area (TPSA) is 70.2 Å². The molecule has 0 unspecified atom stereocenters. The maximum absolute atomic E-state index is 12.8. The van der Waals surface area contributed by atoms with E-state index < -0.39 is 0 Å². The van der Waals surface area contributed by atoms with Crippen molar-refractivity contribution in [3.05, 3.63) is 47.3 Å². The van der Waals surface area contributed by atoms with Crippen LogP contribution in [0.25, 0.3) is 11.5 Å². The summed E-state index contributed by atoms with van der Waals surface area (Å²) in [6, 6.07) is 9.53. The Hall–Kier alpha value is -2.54. The van der Waals surface area contributed by atoms with Gasteiger partial charge in [0.15, 0.2) is 5.78 Å². The van der Waals surface area contributed by atoms with Crippen LogP contribution in [0.2, 0.25) is 0 Å². The normalized spacial score (nSPS) is 11.3. The van der Waals surface area contributed by atoms with E-state index in [4.69, 9.17) is 9.15 Å². The third kappa shape index (κ3) is 5.14. The number of carbonyl (C=O) groups excluding carboxylic acids is 1. The Kier molecular flexibility index (Phi) is 7.37. The van der Waals surface area contributed by atoms with Crippen LogP contribution < -0.4 is 4.74 Å². The second-order valence-electron chi connectivity index (χ2n) is 7.63. The van der Waals surface area contributed by atoms with Crippen molar-refractivity contribution in [3.8, 4) is 17.2 Å². The number of aryl methyl sites for hydroxylation is 1. The van der Waals surface area contributed by atoms with Crippen LogP contribution >= 0.6 is 11.8 Å². The highest BCUT2D eigenvalue weighted by Gasteiger charge is 2.18. The SMILES string of the molecule is CCOc1ccccc1-c1nnc(SCC(=O)c2cc(C)n(CCC(C)C)c2C)o1. The number of hydrogen-bond donors (Lipinski definition) is 0. The van der Waals surface area contributed by atoms with Gasteiger partial charge in [0.25, 0.3) is 11.1 Å². The van der Waals surface area contributed by atoms with E-state index in [-0.39, 0.29) is 11.5 Å². The summed E-state index contributed by atoms with van der Waals surface area (Å²) in [4.78, 5) is 12.8. The number of aromatic nitrogens is 3. The third-order valence-electron chi connectivity index (χ3n) is 4.95. The van der Waals surface area contributed by atoms with Crippen LogP contribution in [-0.4, -0.2) is 32.9 Å². The Morgan fingerprint density at radius 2 is 2.00 bits per heavy atom. The molecule has 0 bridgehead atoms. The van der Waals surface area contributed by atoms with Gasteiger partial charge in [-0.25, -0.2) is 0 Å². The number of benzene rings is 1. The summed E-state index contributed by atoms with van der Waals surface area (Å²) < 4.78 is 13.6. The zero-order valence-corrected chi connectivity index (χ0v) is 19.1. The number of rotatable bonds is 10. The van der Waals surface area contributed by atoms with E-state index in [1.165, 1.54) is 11.8 Å². The van der Waals surface area contributed by atoms with Gasteiger partial charge in [0.05, 0.1) is 17.9 Å². The third-order valence-corrected chi connectivity index (χ3v) is 5.77. The van der Waals surface area contributed by atoms with Crippen LogP contribution in [-0.2, 0) is 6.54 Å². The Bertz CT molecular complexity index is 1010. The van der Waals surface area contributed by atoms with Gasteiger partial charge in [-0.2, -0.15) is 0 Å². The van der Waals surface area contributed by atoms with Gasteiger partial charge in [0, 0.05) is 23.5 Å². The van der Waals surface area contributed by atoms with Crippen molar-refractivity contribution >= 4 is 17.5 Å². The maximum atomic E-state index is 12.8. The quantitative estimate of drug-likeness (QED) is 0.311. The second kappa shape index (κ2) is 9.98.